The number of benzene rings is 1. The van der Waals surface area contributed by atoms with Crippen LogP contribution in [0, 0.1) is 5.82 Å². The van der Waals surface area contributed by atoms with Crippen LogP contribution < -0.4 is 5.32 Å². The van der Waals surface area contributed by atoms with Crippen LogP contribution in [0.25, 0.3) is 0 Å². The minimum absolute atomic E-state index is 0.255. The van der Waals surface area contributed by atoms with Gasteiger partial charge in [0.15, 0.2) is 0 Å². The summed E-state index contributed by atoms with van der Waals surface area (Å²) in [6.07, 6.45) is -4.21. The zero-order chi connectivity index (χ0) is 16.9. The number of hydrogen-bond donors (Lipinski definition) is 1. The highest BCUT2D eigenvalue weighted by atomic mass is 19.4. The first-order valence-corrected chi connectivity index (χ1v) is 5.70. The van der Waals surface area contributed by atoms with Crippen LogP contribution in [0.4, 0.5) is 23.2 Å². The van der Waals surface area contributed by atoms with Crippen molar-refractivity contribution in [3.8, 4) is 0 Å². The Kier molecular flexibility index (Phi) is 5.50. The van der Waals surface area contributed by atoms with Crippen molar-refractivity contribution < 1.29 is 36.6 Å². The van der Waals surface area contributed by atoms with Crippen molar-refractivity contribution in [1.29, 1.82) is 0 Å². The number of ether oxygens (including phenoxy) is 2. The molecule has 9 heteroatoms. The third kappa shape index (κ3) is 4.47. The van der Waals surface area contributed by atoms with E-state index < -0.39 is 35.2 Å². The molecule has 1 rings (SSSR count). The van der Waals surface area contributed by atoms with Crippen LogP contribution >= 0.6 is 0 Å². The lowest BCUT2D eigenvalue weighted by atomic mass is 10.1. The van der Waals surface area contributed by atoms with Crippen LogP contribution in [0.5, 0.6) is 0 Å². The normalized spacial score (nSPS) is 11.8. The molecule has 0 saturated carbocycles. The van der Waals surface area contributed by atoms with E-state index in [9.17, 15) is 27.2 Å². The second-order valence-electron chi connectivity index (χ2n) is 3.89. The van der Waals surface area contributed by atoms with Gasteiger partial charge in [-0.25, -0.2) is 14.0 Å². The number of hydrogen-bond acceptors (Lipinski definition) is 5. The van der Waals surface area contributed by atoms with E-state index >= 15 is 0 Å². The Morgan fingerprint density at radius 3 is 2.32 bits per heavy atom. The Morgan fingerprint density at radius 1 is 1.18 bits per heavy atom. The third-order valence-corrected chi connectivity index (χ3v) is 2.42. The van der Waals surface area contributed by atoms with Gasteiger partial charge in [0.05, 0.1) is 25.9 Å². The SMILES string of the molecule is COC(=O)C=C(Nc1ccc(F)c(C(F)(F)F)c1)C(=O)OC. The molecule has 1 N–H and O–H groups in total. The fraction of sp³-hybridized carbons (Fsp3) is 0.231. The number of carbonyl (C=O) groups excluding carboxylic acids is 2. The fourth-order valence-corrected chi connectivity index (χ4v) is 1.41. The molecule has 0 aliphatic carbocycles. The van der Waals surface area contributed by atoms with Gasteiger partial charge in [0, 0.05) is 5.69 Å². The highest BCUT2D eigenvalue weighted by Crippen LogP contribution is 2.33. The average molecular weight is 321 g/mol. The summed E-state index contributed by atoms with van der Waals surface area (Å²) in [6.45, 7) is 0. The van der Waals surface area contributed by atoms with Crippen molar-refractivity contribution >= 4 is 17.6 Å². The van der Waals surface area contributed by atoms with Crippen LogP contribution in [0.2, 0.25) is 0 Å². The summed E-state index contributed by atoms with van der Waals surface area (Å²) in [4.78, 5) is 22.6. The number of methoxy groups -OCH3 is 2. The van der Waals surface area contributed by atoms with Gasteiger partial charge >= 0.3 is 18.1 Å². The van der Waals surface area contributed by atoms with Crippen molar-refractivity contribution in [1.82, 2.24) is 0 Å². The molecule has 0 aliphatic rings. The van der Waals surface area contributed by atoms with Crippen LogP contribution in [-0.4, -0.2) is 26.2 Å². The van der Waals surface area contributed by atoms with Gasteiger partial charge < -0.3 is 14.8 Å². The Bertz CT molecular complexity index is 611. The molecule has 0 amide bonds. The molecule has 0 radical (unpaired) electrons. The van der Waals surface area contributed by atoms with E-state index in [4.69, 9.17) is 0 Å². The van der Waals surface area contributed by atoms with Crippen LogP contribution in [0.3, 0.4) is 0 Å². The molecule has 0 heterocycles. The second-order valence-corrected chi connectivity index (χ2v) is 3.89. The van der Waals surface area contributed by atoms with Gasteiger partial charge in [0.25, 0.3) is 0 Å². The molecule has 1 aromatic rings. The maximum Gasteiger partial charge on any atom is 0.419 e. The maximum atomic E-state index is 13.2. The summed E-state index contributed by atoms with van der Waals surface area (Å²) < 4.78 is 59.7. The summed E-state index contributed by atoms with van der Waals surface area (Å²) in [5, 5.41) is 2.25. The molecule has 0 aromatic heterocycles. The van der Waals surface area contributed by atoms with Gasteiger partial charge in [-0.15, -0.1) is 0 Å². The molecule has 0 bridgehead atoms. The molecular formula is C13H11F4NO4. The van der Waals surface area contributed by atoms with Crippen molar-refractivity contribution in [2.45, 2.75) is 6.18 Å². The average Bonchev–Trinajstić information content (AvgIpc) is 2.46. The number of rotatable bonds is 4. The molecule has 0 fully saturated rings. The number of esters is 2. The van der Waals surface area contributed by atoms with Gasteiger partial charge in [-0.2, -0.15) is 13.2 Å². The maximum absolute atomic E-state index is 13.2. The molecular weight excluding hydrogens is 310 g/mol. The van der Waals surface area contributed by atoms with Crippen LogP contribution in [0.1, 0.15) is 5.56 Å². The molecule has 0 spiro atoms. The summed E-state index contributed by atoms with van der Waals surface area (Å²) in [5.74, 6) is -3.40. The second kappa shape index (κ2) is 6.92. The lowest BCUT2D eigenvalue weighted by Gasteiger charge is -2.12. The summed E-state index contributed by atoms with van der Waals surface area (Å²) in [7, 11) is 2.06. The Hall–Kier alpha value is -2.58. The molecule has 22 heavy (non-hydrogen) atoms. The summed E-state index contributed by atoms with van der Waals surface area (Å²) in [6, 6.07) is 2.01. The summed E-state index contributed by atoms with van der Waals surface area (Å²) in [5.41, 5.74) is -2.23. The number of alkyl halides is 3. The zero-order valence-corrected chi connectivity index (χ0v) is 11.5. The molecule has 0 atom stereocenters. The van der Waals surface area contributed by atoms with E-state index in [-0.39, 0.29) is 5.69 Å². The molecule has 0 aliphatic heterocycles. The quantitative estimate of drug-likeness (QED) is 0.524. The van der Waals surface area contributed by atoms with Crippen LogP contribution in [0.15, 0.2) is 30.0 Å². The molecule has 120 valence electrons. The van der Waals surface area contributed by atoms with Gasteiger partial charge in [-0.1, -0.05) is 0 Å². The van der Waals surface area contributed by atoms with Crippen molar-refractivity contribution in [2.75, 3.05) is 19.5 Å². The highest BCUT2D eigenvalue weighted by molar-refractivity contribution is 5.98. The predicted molar refractivity (Wildman–Crippen MR) is 67.1 cm³/mol. The standard InChI is InChI=1S/C13H11F4NO4/c1-21-11(19)6-10(12(20)22-2)18-7-3-4-9(14)8(5-7)13(15,16)17/h3-6,18H,1-2H3. The predicted octanol–water partition coefficient (Wildman–Crippen LogP) is 2.49. The van der Waals surface area contributed by atoms with E-state index in [1.165, 1.54) is 0 Å². The van der Waals surface area contributed by atoms with E-state index in [1.807, 2.05) is 0 Å². The van der Waals surface area contributed by atoms with Gasteiger partial charge in [0.1, 0.15) is 11.5 Å². The van der Waals surface area contributed by atoms with E-state index in [0.717, 1.165) is 20.3 Å². The lowest BCUT2D eigenvalue weighted by molar-refractivity contribution is -0.140. The minimum atomic E-state index is -4.90. The van der Waals surface area contributed by atoms with Gasteiger partial charge in [-0.05, 0) is 18.2 Å². The monoisotopic (exact) mass is 321 g/mol. The Morgan fingerprint density at radius 2 is 1.82 bits per heavy atom. The first-order valence-electron chi connectivity index (χ1n) is 5.70. The minimum Gasteiger partial charge on any atom is -0.466 e. The largest absolute Gasteiger partial charge is 0.466 e. The number of nitrogens with one attached hydrogen (secondary N) is 1. The van der Waals surface area contributed by atoms with Crippen molar-refractivity contribution in [3.05, 3.63) is 41.4 Å². The molecule has 5 nitrogen and oxygen atoms in total. The molecule has 1 aromatic carbocycles. The molecule has 0 unspecified atom stereocenters. The van der Waals surface area contributed by atoms with Crippen molar-refractivity contribution in [3.63, 3.8) is 0 Å². The van der Waals surface area contributed by atoms with Crippen LogP contribution in [-0.2, 0) is 25.2 Å². The number of carbonyl (C=O) groups is 2. The first kappa shape index (κ1) is 17.5. The molecule has 0 saturated heterocycles. The third-order valence-electron chi connectivity index (χ3n) is 2.42. The van der Waals surface area contributed by atoms with E-state index in [0.29, 0.717) is 18.2 Å². The summed E-state index contributed by atoms with van der Waals surface area (Å²) >= 11 is 0. The van der Waals surface area contributed by atoms with E-state index in [2.05, 4.69) is 14.8 Å². The topological polar surface area (TPSA) is 64.6 Å². The highest BCUT2D eigenvalue weighted by Gasteiger charge is 2.34. The zero-order valence-electron chi connectivity index (χ0n) is 11.5. The lowest BCUT2D eigenvalue weighted by Crippen LogP contribution is -2.16. The fourth-order valence-electron chi connectivity index (χ4n) is 1.41. The van der Waals surface area contributed by atoms with E-state index in [1.54, 1.807) is 0 Å². The number of halogens is 4. The van der Waals surface area contributed by atoms with Crippen molar-refractivity contribution in [2.24, 2.45) is 0 Å². The number of anilines is 1. The smallest absolute Gasteiger partial charge is 0.419 e. The first-order chi connectivity index (χ1) is 10.2. The Labute approximate surface area is 122 Å². The Balaban J connectivity index is 3.17. The van der Waals surface area contributed by atoms with Gasteiger partial charge in [0.2, 0.25) is 0 Å². The van der Waals surface area contributed by atoms with Gasteiger partial charge in [-0.3, -0.25) is 0 Å².